The molecular formula is C14H16BrN3OS. The van der Waals surface area contributed by atoms with Gasteiger partial charge in [-0.3, -0.25) is 4.90 Å². The Bertz CT molecular complexity index is 595. The Kier molecular flexibility index (Phi) is 5.17. The highest BCUT2D eigenvalue weighted by Crippen LogP contribution is 2.21. The quantitative estimate of drug-likeness (QED) is 0.375. The third kappa shape index (κ3) is 4.06. The number of oxime groups is 1. The van der Waals surface area contributed by atoms with E-state index in [2.05, 4.69) is 44.5 Å². The molecule has 0 amide bonds. The van der Waals surface area contributed by atoms with Gasteiger partial charge < -0.3 is 10.9 Å². The molecule has 1 heterocycles. The molecule has 2 rings (SSSR count). The van der Waals surface area contributed by atoms with Crippen molar-refractivity contribution in [2.24, 2.45) is 10.9 Å². The van der Waals surface area contributed by atoms with E-state index in [-0.39, 0.29) is 5.84 Å². The summed E-state index contributed by atoms with van der Waals surface area (Å²) in [6, 6.07) is 9.85. The molecule has 0 aliphatic rings. The van der Waals surface area contributed by atoms with Gasteiger partial charge in [0.25, 0.3) is 0 Å². The zero-order valence-corrected chi connectivity index (χ0v) is 13.5. The molecule has 3 N–H and O–H groups in total. The van der Waals surface area contributed by atoms with Gasteiger partial charge in [-0.1, -0.05) is 29.4 Å². The van der Waals surface area contributed by atoms with E-state index < -0.39 is 0 Å². The maximum Gasteiger partial charge on any atom is 0.170 e. The van der Waals surface area contributed by atoms with Crippen molar-refractivity contribution in [2.45, 2.75) is 13.1 Å². The van der Waals surface area contributed by atoms with Crippen molar-refractivity contribution in [3.8, 4) is 0 Å². The first-order valence-corrected chi connectivity index (χ1v) is 7.74. The van der Waals surface area contributed by atoms with Crippen LogP contribution in [-0.4, -0.2) is 23.0 Å². The topological polar surface area (TPSA) is 61.8 Å². The molecule has 6 heteroatoms. The summed E-state index contributed by atoms with van der Waals surface area (Å²) in [6.45, 7) is 1.77. The number of amidine groups is 1. The van der Waals surface area contributed by atoms with E-state index in [0.29, 0.717) is 0 Å². The van der Waals surface area contributed by atoms with Crippen molar-refractivity contribution < 1.29 is 5.21 Å². The lowest BCUT2D eigenvalue weighted by Crippen LogP contribution is -2.17. The molecule has 1 aromatic carbocycles. The fourth-order valence-electron chi connectivity index (χ4n) is 1.91. The van der Waals surface area contributed by atoms with Gasteiger partial charge in [0.15, 0.2) is 5.84 Å². The summed E-state index contributed by atoms with van der Waals surface area (Å²) in [7, 11) is 2.09. The Hall–Kier alpha value is -1.37. The second-order valence-electron chi connectivity index (χ2n) is 4.59. The third-order valence-electron chi connectivity index (χ3n) is 2.86. The lowest BCUT2D eigenvalue weighted by atomic mass is 10.1. The monoisotopic (exact) mass is 353 g/mol. The SMILES string of the molecule is CN(Cc1ccc(C(N)=NO)cc1)Cc1cc(Br)cs1. The van der Waals surface area contributed by atoms with Crippen molar-refractivity contribution in [2.75, 3.05) is 7.05 Å². The van der Waals surface area contributed by atoms with Crippen molar-refractivity contribution in [1.82, 2.24) is 4.90 Å². The minimum absolute atomic E-state index is 0.133. The fraction of sp³-hybridized carbons (Fsp3) is 0.214. The van der Waals surface area contributed by atoms with Gasteiger partial charge in [0, 0.05) is 33.4 Å². The summed E-state index contributed by atoms with van der Waals surface area (Å²) in [5, 5.41) is 13.7. The molecule has 0 aliphatic carbocycles. The largest absolute Gasteiger partial charge is 0.409 e. The number of hydrogen-bond acceptors (Lipinski definition) is 4. The van der Waals surface area contributed by atoms with Crippen molar-refractivity contribution in [3.05, 3.63) is 56.2 Å². The average molecular weight is 354 g/mol. The normalized spacial score (nSPS) is 12.1. The van der Waals surface area contributed by atoms with Crippen LogP contribution in [0.2, 0.25) is 0 Å². The van der Waals surface area contributed by atoms with Crippen LogP contribution in [0.4, 0.5) is 0 Å². The molecule has 20 heavy (non-hydrogen) atoms. The van der Waals surface area contributed by atoms with Crippen LogP contribution in [0.1, 0.15) is 16.0 Å². The first kappa shape index (κ1) is 15.0. The van der Waals surface area contributed by atoms with Gasteiger partial charge in [0.2, 0.25) is 0 Å². The zero-order valence-electron chi connectivity index (χ0n) is 11.1. The van der Waals surface area contributed by atoms with Crippen molar-refractivity contribution in [1.29, 1.82) is 0 Å². The molecule has 4 nitrogen and oxygen atoms in total. The Morgan fingerprint density at radius 3 is 2.60 bits per heavy atom. The van der Waals surface area contributed by atoms with E-state index in [1.54, 1.807) is 11.3 Å². The number of halogens is 1. The summed E-state index contributed by atoms with van der Waals surface area (Å²) in [5.74, 6) is 0.133. The summed E-state index contributed by atoms with van der Waals surface area (Å²) >= 11 is 5.21. The van der Waals surface area contributed by atoms with Crippen LogP contribution in [0, 0.1) is 0 Å². The van der Waals surface area contributed by atoms with Crippen LogP contribution in [0.15, 0.2) is 45.3 Å². The highest BCUT2D eigenvalue weighted by Gasteiger charge is 2.05. The predicted octanol–water partition coefficient (Wildman–Crippen LogP) is 3.24. The Labute approximate surface area is 130 Å². The second kappa shape index (κ2) is 6.88. The highest BCUT2D eigenvalue weighted by molar-refractivity contribution is 9.10. The van der Waals surface area contributed by atoms with E-state index >= 15 is 0 Å². The van der Waals surface area contributed by atoms with Crippen LogP contribution in [0.3, 0.4) is 0 Å². The van der Waals surface area contributed by atoms with Gasteiger partial charge in [-0.05, 0) is 34.6 Å². The molecule has 0 spiro atoms. The minimum Gasteiger partial charge on any atom is -0.409 e. The Morgan fingerprint density at radius 2 is 2.05 bits per heavy atom. The lowest BCUT2D eigenvalue weighted by molar-refractivity contribution is 0.318. The molecule has 0 radical (unpaired) electrons. The smallest absolute Gasteiger partial charge is 0.170 e. The van der Waals surface area contributed by atoms with Crippen LogP contribution >= 0.6 is 27.3 Å². The second-order valence-corrected chi connectivity index (χ2v) is 6.50. The van der Waals surface area contributed by atoms with Gasteiger partial charge >= 0.3 is 0 Å². The number of nitrogens with two attached hydrogens (primary N) is 1. The van der Waals surface area contributed by atoms with Crippen LogP contribution < -0.4 is 5.73 Å². The molecule has 2 aromatic rings. The maximum absolute atomic E-state index is 8.62. The van der Waals surface area contributed by atoms with E-state index in [1.165, 1.54) is 10.4 Å². The van der Waals surface area contributed by atoms with Crippen molar-refractivity contribution >= 4 is 33.1 Å². The molecular weight excluding hydrogens is 338 g/mol. The molecule has 106 valence electrons. The fourth-order valence-corrected chi connectivity index (χ4v) is 3.44. The molecule has 0 atom stereocenters. The molecule has 0 fully saturated rings. The van der Waals surface area contributed by atoms with Gasteiger partial charge in [0.1, 0.15) is 0 Å². The van der Waals surface area contributed by atoms with Crippen LogP contribution in [0.5, 0.6) is 0 Å². The average Bonchev–Trinajstić information content (AvgIpc) is 2.84. The number of hydrogen-bond donors (Lipinski definition) is 2. The molecule has 0 aliphatic heterocycles. The molecule has 0 bridgehead atoms. The van der Waals surface area contributed by atoms with Crippen LogP contribution in [0.25, 0.3) is 0 Å². The maximum atomic E-state index is 8.62. The minimum atomic E-state index is 0.133. The molecule has 1 aromatic heterocycles. The van der Waals surface area contributed by atoms with E-state index in [0.717, 1.165) is 23.1 Å². The Morgan fingerprint density at radius 1 is 1.35 bits per heavy atom. The summed E-state index contributed by atoms with van der Waals surface area (Å²) < 4.78 is 1.13. The number of benzene rings is 1. The van der Waals surface area contributed by atoms with Gasteiger partial charge in [-0.15, -0.1) is 11.3 Å². The van der Waals surface area contributed by atoms with Crippen molar-refractivity contribution in [3.63, 3.8) is 0 Å². The molecule has 0 saturated heterocycles. The summed E-state index contributed by atoms with van der Waals surface area (Å²) in [4.78, 5) is 3.57. The first-order valence-electron chi connectivity index (χ1n) is 6.07. The van der Waals surface area contributed by atoms with E-state index in [1.807, 2.05) is 24.3 Å². The third-order valence-corrected chi connectivity index (χ3v) is 4.54. The van der Waals surface area contributed by atoms with E-state index in [9.17, 15) is 0 Å². The summed E-state index contributed by atoms with van der Waals surface area (Å²) in [6.07, 6.45) is 0. The van der Waals surface area contributed by atoms with E-state index in [4.69, 9.17) is 10.9 Å². The summed E-state index contributed by atoms with van der Waals surface area (Å²) in [5.41, 5.74) is 7.45. The number of rotatable bonds is 5. The number of thiophene rings is 1. The Balaban J connectivity index is 1.95. The van der Waals surface area contributed by atoms with Gasteiger partial charge in [-0.2, -0.15) is 0 Å². The zero-order chi connectivity index (χ0) is 14.5. The van der Waals surface area contributed by atoms with Gasteiger partial charge in [0.05, 0.1) is 0 Å². The lowest BCUT2D eigenvalue weighted by Gasteiger charge is -2.15. The van der Waals surface area contributed by atoms with Crippen LogP contribution in [-0.2, 0) is 13.1 Å². The standard InChI is InChI=1S/C14H16BrN3OS/c1-18(8-13-6-12(15)9-20-13)7-10-2-4-11(5-3-10)14(16)17-19/h2-6,9,19H,7-8H2,1H3,(H2,16,17). The highest BCUT2D eigenvalue weighted by atomic mass is 79.9. The first-order chi connectivity index (χ1) is 9.58. The molecule has 0 saturated carbocycles. The van der Waals surface area contributed by atoms with Gasteiger partial charge in [-0.25, -0.2) is 0 Å². The molecule has 0 unspecified atom stereocenters. The predicted molar refractivity (Wildman–Crippen MR) is 86.1 cm³/mol. The number of nitrogens with zero attached hydrogens (tertiary/aromatic N) is 2.